The molecule has 2 aliphatic heterocycles. The third kappa shape index (κ3) is 1.70. The van der Waals surface area contributed by atoms with E-state index in [0.717, 1.165) is 25.3 Å². The Kier molecular flexibility index (Phi) is 2.28. The van der Waals surface area contributed by atoms with Crippen molar-refractivity contribution in [2.45, 2.75) is 32.2 Å². The molecule has 0 radical (unpaired) electrons. The molecular weight excluding hydrogens is 166 g/mol. The maximum absolute atomic E-state index is 10.8. The molecule has 74 valence electrons. The van der Waals surface area contributed by atoms with E-state index in [9.17, 15) is 4.79 Å². The van der Waals surface area contributed by atoms with Gasteiger partial charge in [0.05, 0.1) is 5.92 Å². The lowest BCUT2D eigenvalue weighted by atomic mass is 9.90. The van der Waals surface area contributed by atoms with Crippen LogP contribution in [-0.2, 0) is 4.79 Å². The monoisotopic (exact) mass is 183 g/mol. The van der Waals surface area contributed by atoms with E-state index in [1.54, 1.807) is 0 Å². The predicted molar refractivity (Wildman–Crippen MR) is 49.5 cm³/mol. The number of rotatable bonds is 1. The first-order chi connectivity index (χ1) is 6.16. The number of hydrogen-bond acceptors (Lipinski definition) is 2. The molecular formula is C10H17NO2. The summed E-state index contributed by atoms with van der Waals surface area (Å²) < 4.78 is 0. The molecule has 1 N–H and O–H groups in total. The van der Waals surface area contributed by atoms with E-state index < -0.39 is 5.97 Å². The van der Waals surface area contributed by atoms with Crippen molar-refractivity contribution >= 4 is 5.97 Å². The topological polar surface area (TPSA) is 40.5 Å². The first kappa shape index (κ1) is 9.00. The van der Waals surface area contributed by atoms with Gasteiger partial charge in [-0.25, -0.2) is 0 Å². The fraction of sp³-hybridized carbons (Fsp3) is 0.900. The van der Waals surface area contributed by atoms with Crippen LogP contribution in [0.5, 0.6) is 0 Å². The molecule has 2 aliphatic rings. The van der Waals surface area contributed by atoms with E-state index in [1.165, 1.54) is 13.0 Å². The Labute approximate surface area is 78.7 Å². The number of carboxylic acid groups (broad SMARTS) is 1. The maximum atomic E-state index is 10.8. The Morgan fingerprint density at radius 3 is 2.92 bits per heavy atom. The number of aliphatic carboxylic acids is 1. The highest BCUT2D eigenvalue weighted by atomic mass is 16.4. The van der Waals surface area contributed by atoms with Crippen LogP contribution < -0.4 is 0 Å². The molecule has 0 saturated carbocycles. The first-order valence-electron chi connectivity index (χ1n) is 5.13. The normalized spacial score (nSPS) is 40.2. The zero-order chi connectivity index (χ0) is 9.42. The average molecular weight is 183 g/mol. The van der Waals surface area contributed by atoms with Gasteiger partial charge in [0.15, 0.2) is 0 Å². The molecule has 2 saturated heterocycles. The quantitative estimate of drug-likeness (QED) is 0.664. The van der Waals surface area contributed by atoms with Crippen molar-refractivity contribution in [1.29, 1.82) is 0 Å². The third-order valence-corrected chi connectivity index (χ3v) is 3.41. The molecule has 2 heterocycles. The van der Waals surface area contributed by atoms with Crippen LogP contribution in [0.3, 0.4) is 0 Å². The van der Waals surface area contributed by atoms with Crippen molar-refractivity contribution in [3.05, 3.63) is 0 Å². The molecule has 0 amide bonds. The van der Waals surface area contributed by atoms with Crippen LogP contribution in [0.25, 0.3) is 0 Å². The molecule has 3 atom stereocenters. The molecule has 2 fully saturated rings. The lowest BCUT2D eigenvalue weighted by molar-refractivity contribution is -0.143. The summed E-state index contributed by atoms with van der Waals surface area (Å²) in [7, 11) is 0. The van der Waals surface area contributed by atoms with E-state index in [1.807, 2.05) is 0 Å². The average Bonchev–Trinajstić information content (AvgIpc) is 2.42. The summed E-state index contributed by atoms with van der Waals surface area (Å²) >= 11 is 0. The molecule has 2 rings (SSSR count). The second-order valence-electron chi connectivity index (χ2n) is 4.55. The smallest absolute Gasteiger partial charge is 0.306 e. The molecule has 0 aromatic carbocycles. The SMILES string of the molecule is CC1CC2CC(C(=O)O)CCN2C1. The minimum absolute atomic E-state index is 0.0773. The number of carbonyl (C=O) groups is 1. The third-order valence-electron chi connectivity index (χ3n) is 3.41. The van der Waals surface area contributed by atoms with Crippen molar-refractivity contribution in [3.8, 4) is 0 Å². The zero-order valence-electron chi connectivity index (χ0n) is 8.07. The molecule has 3 nitrogen and oxygen atoms in total. The van der Waals surface area contributed by atoms with Crippen LogP contribution in [-0.4, -0.2) is 35.1 Å². The summed E-state index contributed by atoms with van der Waals surface area (Å²) in [5, 5.41) is 8.91. The predicted octanol–water partition coefficient (Wildman–Crippen LogP) is 1.19. The van der Waals surface area contributed by atoms with E-state index in [2.05, 4.69) is 11.8 Å². The van der Waals surface area contributed by atoms with Crippen LogP contribution in [0.2, 0.25) is 0 Å². The lowest BCUT2D eigenvalue weighted by Crippen LogP contribution is -2.40. The summed E-state index contributed by atoms with van der Waals surface area (Å²) in [5.41, 5.74) is 0. The molecule has 0 spiro atoms. The Hall–Kier alpha value is -0.570. The molecule has 0 aromatic rings. The minimum Gasteiger partial charge on any atom is -0.481 e. The molecule has 0 aliphatic carbocycles. The zero-order valence-corrected chi connectivity index (χ0v) is 8.07. The highest BCUT2D eigenvalue weighted by molar-refractivity contribution is 5.70. The van der Waals surface area contributed by atoms with E-state index in [4.69, 9.17) is 5.11 Å². The van der Waals surface area contributed by atoms with Gasteiger partial charge in [-0.2, -0.15) is 0 Å². The van der Waals surface area contributed by atoms with Gasteiger partial charge in [-0.1, -0.05) is 6.92 Å². The molecule has 3 unspecified atom stereocenters. The van der Waals surface area contributed by atoms with Crippen molar-refractivity contribution in [1.82, 2.24) is 4.90 Å². The van der Waals surface area contributed by atoms with Gasteiger partial charge in [0.25, 0.3) is 0 Å². The number of nitrogens with zero attached hydrogens (tertiary/aromatic N) is 1. The lowest BCUT2D eigenvalue weighted by Gasteiger charge is -2.32. The number of hydrogen-bond donors (Lipinski definition) is 1. The van der Waals surface area contributed by atoms with E-state index >= 15 is 0 Å². The summed E-state index contributed by atoms with van der Waals surface area (Å²) in [6.07, 6.45) is 2.92. The van der Waals surface area contributed by atoms with Crippen LogP contribution in [0.1, 0.15) is 26.2 Å². The molecule has 13 heavy (non-hydrogen) atoms. The van der Waals surface area contributed by atoms with Gasteiger partial charge in [-0.05, 0) is 31.7 Å². The van der Waals surface area contributed by atoms with Gasteiger partial charge in [0.1, 0.15) is 0 Å². The second-order valence-corrected chi connectivity index (χ2v) is 4.55. The maximum Gasteiger partial charge on any atom is 0.306 e. The molecule has 0 aromatic heterocycles. The molecule has 3 heteroatoms. The fourth-order valence-electron chi connectivity index (χ4n) is 2.75. The highest BCUT2D eigenvalue weighted by Crippen LogP contribution is 2.32. The first-order valence-corrected chi connectivity index (χ1v) is 5.13. The van der Waals surface area contributed by atoms with Crippen LogP contribution in [0, 0.1) is 11.8 Å². The van der Waals surface area contributed by atoms with Crippen molar-refractivity contribution < 1.29 is 9.90 Å². The van der Waals surface area contributed by atoms with Crippen LogP contribution >= 0.6 is 0 Å². The van der Waals surface area contributed by atoms with Gasteiger partial charge in [0.2, 0.25) is 0 Å². The minimum atomic E-state index is -0.598. The Balaban J connectivity index is 1.97. The summed E-state index contributed by atoms with van der Waals surface area (Å²) in [6.45, 7) is 4.43. The van der Waals surface area contributed by atoms with Crippen molar-refractivity contribution in [2.24, 2.45) is 11.8 Å². The number of carboxylic acids is 1. The van der Waals surface area contributed by atoms with Crippen LogP contribution in [0.4, 0.5) is 0 Å². The highest BCUT2D eigenvalue weighted by Gasteiger charge is 2.37. The van der Waals surface area contributed by atoms with Gasteiger partial charge in [-0.15, -0.1) is 0 Å². The summed E-state index contributed by atoms with van der Waals surface area (Å²) in [6, 6.07) is 0.560. The van der Waals surface area contributed by atoms with Crippen LogP contribution in [0.15, 0.2) is 0 Å². The second kappa shape index (κ2) is 3.29. The van der Waals surface area contributed by atoms with Gasteiger partial charge in [-0.3, -0.25) is 4.79 Å². The van der Waals surface area contributed by atoms with Crippen molar-refractivity contribution in [3.63, 3.8) is 0 Å². The Morgan fingerprint density at radius 2 is 2.23 bits per heavy atom. The van der Waals surface area contributed by atoms with Gasteiger partial charge < -0.3 is 10.0 Å². The largest absolute Gasteiger partial charge is 0.481 e. The Morgan fingerprint density at radius 1 is 1.46 bits per heavy atom. The fourth-order valence-corrected chi connectivity index (χ4v) is 2.75. The number of piperidine rings is 1. The van der Waals surface area contributed by atoms with E-state index in [0.29, 0.717) is 6.04 Å². The number of fused-ring (bicyclic) bond motifs is 1. The van der Waals surface area contributed by atoms with Gasteiger partial charge >= 0.3 is 5.97 Å². The van der Waals surface area contributed by atoms with E-state index in [-0.39, 0.29) is 5.92 Å². The summed E-state index contributed by atoms with van der Waals surface area (Å²) in [4.78, 5) is 13.3. The van der Waals surface area contributed by atoms with Crippen molar-refractivity contribution in [2.75, 3.05) is 13.1 Å². The standard InChI is InChI=1S/C10H17NO2/c1-7-4-9-5-8(10(12)13)2-3-11(9)6-7/h7-9H,2-6H2,1H3,(H,12,13). The molecule has 0 bridgehead atoms. The van der Waals surface area contributed by atoms with Gasteiger partial charge in [0, 0.05) is 12.6 Å². The Bertz CT molecular complexity index is 217. The summed E-state index contributed by atoms with van der Waals surface area (Å²) in [5.74, 6) is 0.0864.